The third-order valence-corrected chi connectivity index (χ3v) is 2.85. The molecule has 0 aliphatic carbocycles. The predicted octanol–water partition coefficient (Wildman–Crippen LogP) is 1.53. The Morgan fingerprint density at radius 1 is 1.53 bits per heavy atom. The Labute approximate surface area is 93.4 Å². The molecule has 3 nitrogen and oxygen atoms in total. The van der Waals surface area contributed by atoms with Crippen molar-refractivity contribution in [3.63, 3.8) is 0 Å². The molecule has 0 saturated carbocycles. The Kier molecular flexibility index (Phi) is 2.93. The number of hydrogen-bond acceptors (Lipinski definition) is 3. The first-order chi connectivity index (χ1) is 7.20. The number of hydrogen-bond donors (Lipinski definition) is 1. The van der Waals surface area contributed by atoms with E-state index in [4.69, 9.17) is 16.3 Å². The summed E-state index contributed by atoms with van der Waals surface area (Å²) in [6.07, 6.45) is 0.641. The van der Waals surface area contributed by atoms with Gasteiger partial charge in [0.1, 0.15) is 6.04 Å². The van der Waals surface area contributed by atoms with Crippen LogP contribution in [0.3, 0.4) is 0 Å². The molecule has 0 amide bonds. The second kappa shape index (κ2) is 4.21. The monoisotopic (exact) mass is 225 g/mol. The van der Waals surface area contributed by atoms with Gasteiger partial charge in [0.05, 0.1) is 7.11 Å². The molecule has 1 aromatic rings. The molecule has 0 spiro atoms. The van der Waals surface area contributed by atoms with E-state index in [1.807, 2.05) is 18.2 Å². The molecule has 0 saturated heterocycles. The zero-order valence-corrected chi connectivity index (χ0v) is 9.17. The molecule has 2 rings (SSSR count). The van der Waals surface area contributed by atoms with Gasteiger partial charge >= 0.3 is 5.97 Å². The molecular formula is C11H12ClNO2. The van der Waals surface area contributed by atoms with E-state index in [0.717, 1.165) is 5.56 Å². The number of methoxy groups -OCH3 is 1. The lowest BCUT2D eigenvalue weighted by atomic mass is 9.96. The van der Waals surface area contributed by atoms with Gasteiger partial charge in [-0.05, 0) is 29.7 Å². The van der Waals surface area contributed by atoms with Gasteiger partial charge in [0.25, 0.3) is 0 Å². The van der Waals surface area contributed by atoms with Crippen LogP contribution >= 0.6 is 11.6 Å². The molecule has 0 aromatic heterocycles. The van der Waals surface area contributed by atoms with Crippen LogP contribution in [0.4, 0.5) is 0 Å². The molecule has 0 fully saturated rings. The maximum Gasteiger partial charge on any atom is 0.323 e. The average molecular weight is 226 g/mol. The van der Waals surface area contributed by atoms with Gasteiger partial charge in [0, 0.05) is 11.6 Å². The van der Waals surface area contributed by atoms with E-state index in [1.54, 1.807) is 0 Å². The molecule has 1 aliphatic heterocycles. The SMILES string of the molecule is COC(=O)[C@H]1Cc2cc(Cl)ccc2CN1. The second-order valence-electron chi connectivity index (χ2n) is 3.57. The molecule has 0 radical (unpaired) electrons. The highest BCUT2D eigenvalue weighted by Gasteiger charge is 2.24. The van der Waals surface area contributed by atoms with Crippen molar-refractivity contribution in [3.05, 3.63) is 34.3 Å². The molecule has 1 atom stereocenters. The summed E-state index contributed by atoms with van der Waals surface area (Å²) in [6, 6.07) is 5.51. The van der Waals surface area contributed by atoms with Crippen molar-refractivity contribution in [2.24, 2.45) is 0 Å². The summed E-state index contributed by atoms with van der Waals surface area (Å²) in [5.74, 6) is -0.222. The van der Waals surface area contributed by atoms with Crippen LogP contribution in [0.15, 0.2) is 18.2 Å². The lowest BCUT2D eigenvalue weighted by Crippen LogP contribution is -2.42. The number of rotatable bonds is 1. The van der Waals surface area contributed by atoms with Gasteiger partial charge < -0.3 is 10.1 Å². The minimum absolute atomic E-state index is 0.222. The van der Waals surface area contributed by atoms with Gasteiger partial charge in [0.15, 0.2) is 0 Å². The maximum atomic E-state index is 11.3. The molecule has 0 bridgehead atoms. The number of nitrogens with one attached hydrogen (secondary N) is 1. The highest BCUT2D eigenvalue weighted by molar-refractivity contribution is 6.30. The summed E-state index contributed by atoms with van der Waals surface area (Å²) in [7, 11) is 1.40. The Balaban J connectivity index is 2.22. The van der Waals surface area contributed by atoms with Crippen LogP contribution in [0, 0.1) is 0 Å². The van der Waals surface area contributed by atoms with Crippen LogP contribution in [0.2, 0.25) is 5.02 Å². The summed E-state index contributed by atoms with van der Waals surface area (Å²) < 4.78 is 4.70. The largest absolute Gasteiger partial charge is 0.468 e. The molecule has 1 aliphatic rings. The summed E-state index contributed by atoms with van der Waals surface area (Å²) >= 11 is 5.90. The lowest BCUT2D eigenvalue weighted by molar-refractivity contribution is -0.143. The van der Waals surface area contributed by atoms with Crippen LogP contribution in [0.1, 0.15) is 11.1 Å². The number of carbonyl (C=O) groups is 1. The van der Waals surface area contributed by atoms with E-state index < -0.39 is 0 Å². The van der Waals surface area contributed by atoms with Gasteiger partial charge in [0.2, 0.25) is 0 Å². The number of ether oxygens (including phenoxy) is 1. The van der Waals surface area contributed by atoms with Crippen molar-refractivity contribution in [2.45, 2.75) is 19.0 Å². The van der Waals surface area contributed by atoms with Gasteiger partial charge in [-0.2, -0.15) is 0 Å². The van der Waals surface area contributed by atoms with Crippen molar-refractivity contribution in [3.8, 4) is 0 Å². The zero-order valence-electron chi connectivity index (χ0n) is 8.42. The Hall–Kier alpha value is -1.06. The number of fused-ring (bicyclic) bond motifs is 1. The van der Waals surface area contributed by atoms with Crippen molar-refractivity contribution in [1.29, 1.82) is 0 Å². The minimum Gasteiger partial charge on any atom is -0.468 e. The van der Waals surface area contributed by atoms with Crippen molar-refractivity contribution >= 4 is 17.6 Å². The first-order valence-corrected chi connectivity index (χ1v) is 5.17. The van der Waals surface area contributed by atoms with E-state index in [1.165, 1.54) is 12.7 Å². The fraction of sp³-hybridized carbons (Fsp3) is 0.364. The van der Waals surface area contributed by atoms with Crippen molar-refractivity contribution < 1.29 is 9.53 Å². The third kappa shape index (κ3) is 2.13. The molecule has 0 unspecified atom stereocenters. The van der Waals surface area contributed by atoms with Crippen molar-refractivity contribution in [1.82, 2.24) is 5.32 Å². The van der Waals surface area contributed by atoms with E-state index in [2.05, 4.69) is 5.32 Å². The van der Waals surface area contributed by atoms with Crippen LogP contribution in [0.25, 0.3) is 0 Å². The maximum absolute atomic E-state index is 11.3. The smallest absolute Gasteiger partial charge is 0.323 e. The van der Waals surface area contributed by atoms with Gasteiger partial charge in [-0.3, -0.25) is 4.79 Å². The fourth-order valence-corrected chi connectivity index (χ4v) is 1.99. The van der Waals surface area contributed by atoms with Gasteiger partial charge in [-0.15, -0.1) is 0 Å². The normalized spacial score (nSPS) is 19.5. The van der Waals surface area contributed by atoms with Gasteiger partial charge in [-0.25, -0.2) is 0 Å². The Morgan fingerprint density at radius 3 is 3.07 bits per heavy atom. The number of esters is 1. The van der Waals surface area contributed by atoms with E-state index >= 15 is 0 Å². The minimum atomic E-state index is -0.249. The molecular weight excluding hydrogens is 214 g/mol. The van der Waals surface area contributed by atoms with Crippen LogP contribution in [-0.2, 0) is 22.5 Å². The molecule has 4 heteroatoms. The molecule has 1 heterocycles. The van der Waals surface area contributed by atoms with Gasteiger partial charge in [-0.1, -0.05) is 17.7 Å². The van der Waals surface area contributed by atoms with Crippen LogP contribution in [-0.4, -0.2) is 19.1 Å². The lowest BCUT2D eigenvalue weighted by Gasteiger charge is -2.24. The predicted molar refractivity (Wildman–Crippen MR) is 57.8 cm³/mol. The van der Waals surface area contributed by atoms with Crippen LogP contribution < -0.4 is 5.32 Å². The average Bonchev–Trinajstić information content (AvgIpc) is 2.27. The standard InChI is InChI=1S/C11H12ClNO2/c1-15-11(14)10-5-8-4-9(12)3-2-7(8)6-13-10/h2-4,10,13H,5-6H2,1H3/t10-/m1/s1. The van der Waals surface area contributed by atoms with E-state index in [-0.39, 0.29) is 12.0 Å². The summed E-state index contributed by atoms with van der Waals surface area (Å²) in [5, 5.41) is 3.84. The molecule has 1 N–H and O–H groups in total. The first kappa shape index (κ1) is 10.5. The molecule has 1 aromatic carbocycles. The van der Waals surface area contributed by atoms with Crippen LogP contribution in [0.5, 0.6) is 0 Å². The number of carbonyl (C=O) groups excluding carboxylic acids is 1. The third-order valence-electron chi connectivity index (χ3n) is 2.62. The molecule has 15 heavy (non-hydrogen) atoms. The number of halogens is 1. The Bertz CT molecular complexity index is 392. The highest BCUT2D eigenvalue weighted by atomic mass is 35.5. The first-order valence-electron chi connectivity index (χ1n) is 4.79. The quantitative estimate of drug-likeness (QED) is 0.737. The summed E-state index contributed by atoms with van der Waals surface area (Å²) in [6.45, 7) is 0.687. The zero-order chi connectivity index (χ0) is 10.8. The molecule has 80 valence electrons. The summed E-state index contributed by atoms with van der Waals surface area (Å²) in [4.78, 5) is 11.3. The second-order valence-corrected chi connectivity index (χ2v) is 4.01. The number of benzene rings is 1. The highest BCUT2D eigenvalue weighted by Crippen LogP contribution is 2.21. The summed E-state index contributed by atoms with van der Waals surface area (Å²) in [5.41, 5.74) is 2.32. The fourth-order valence-electron chi connectivity index (χ4n) is 1.79. The topological polar surface area (TPSA) is 38.3 Å². The Morgan fingerprint density at radius 2 is 2.33 bits per heavy atom. The van der Waals surface area contributed by atoms with Crippen molar-refractivity contribution in [2.75, 3.05) is 7.11 Å². The van der Waals surface area contributed by atoms with E-state index in [9.17, 15) is 4.79 Å². The van der Waals surface area contributed by atoms with E-state index in [0.29, 0.717) is 18.0 Å².